The van der Waals surface area contributed by atoms with Crippen molar-refractivity contribution in [1.29, 1.82) is 0 Å². The molecule has 2 atom stereocenters. The highest BCUT2D eigenvalue weighted by Crippen LogP contribution is 2.32. The summed E-state index contributed by atoms with van der Waals surface area (Å²) < 4.78 is 10.8. The maximum absolute atomic E-state index is 10.9. The van der Waals surface area contributed by atoms with Gasteiger partial charge in [0.1, 0.15) is 0 Å². The summed E-state index contributed by atoms with van der Waals surface area (Å²) in [6.07, 6.45) is 0.287. The first-order valence-corrected chi connectivity index (χ1v) is 6.24. The molecule has 0 unspecified atom stereocenters. The van der Waals surface area contributed by atoms with Gasteiger partial charge in [0, 0.05) is 30.9 Å². The minimum atomic E-state index is -0.437. The van der Waals surface area contributed by atoms with Gasteiger partial charge in [-0.3, -0.25) is 10.1 Å². The average molecular weight is 266 g/mol. The molecule has 104 valence electrons. The van der Waals surface area contributed by atoms with Gasteiger partial charge in [-0.25, -0.2) is 0 Å². The van der Waals surface area contributed by atoms with Crippen LogP contribution < -0.4 is 9.64 Å². The third kappa shape index (κ3) is 2.96. The molecule has 1 heterocycles. The lowest BCUT2D eigenvalue weighted by Crippen LogP contribution is -2.45. The molecule has 6 nitrogen and oxygen atoms in total. The van der Waals surface area contributed by atoms with E-state index in [4.69, 9.17) is 9.47 Å². The van der Waals surface area contributed by atoms with Crippen molar-refractivity contribution in [3.63, 3.8) is 0 Å². The zero-order valence-corrected chi connectivity index (χ0v) is 11.3. The highest BCUT2D eigenvalue weighted by Gasteiger charge is 2.24. The molecule has 0 aliphatic carbocycles. The lowest BCUT2D eigenvalue weighted by atomic mass is 10.2. The second-order valence-electron chi connectivity index (χ2n) is 4.78. The Hall–Kier alpha value is -1.82. The van der Waals surface area contributed by atoms with Gasteiger partial charge in [0.25, 0.3) is 0 Å². The van der Waals surface area contributed by atoms with Gasteiger partial charge in [-0.2, -0.15) is 0 Å². The number of nitrogens with zero attached hydrogens (tertiary/aromatic N) is 2. The lowest BCUT2D eigenvalue weighted by molar-refractivity contribution is -0.385. The van der Waals surface area contributed by atoms with Crippen molar-refractivity contribution in [3.05, 3.63) is 28.3 Å². The fourth-order valence-corrected chi connectivity index (χ4v) is 2.40. The van der Waals surface area contributed by atoms with E-state index in [1.807, 2.05) is 13.8 Å². The summed E-state index contributed by atoms with van der Waals surface area (Å²) in [7, 11) is 1.44. The number of methoxy groups -OCH3 is 1. The smallest absolute Gasteiger partial charge is 0.311 e. The maximum atomic E-state index is 10.9. The van der Waals surface area contributed by atoms with Crippen molar-refractivity contribution in [1.82, 2.24) is 0 Å². The fourth-order valence-electron chi connectivity index (χ4n) is 2.40. The first kappa shape index (κ1) is 13.6. The Kier molecular flexibility index (Phi) is 3.90. The van der Waals surface area contributed by atoms with Crippen molar-refractivity contribution in [3.8, 4) is 5.75 Å². The molecular formula is C13H18N2O4. The Morgan fingerprint density at radius 3 is 2.53 bits per heavy atom. The van der Waals surface area contributed by atoms with Crippen molar-refractivity contribution in [2.75, 3.05) is 25.1 Å². The number of morpholine rings is 1. The number of nitro benzene ring substituents is 1. The highest BCUT2D eigenvalue weighted by molar-refractivity contribution is 5.59. The summed E-state index contributed by atoms with van der Waals surface area (Å²) in [6, 6.07) is 4.95. The molecular weight excluding hydrogens is 248 g/mol. The Morgan fingerprint density at radius 2 is 2.00 bits per heavy atom. The largest absolute Gasteiger partial charge is 0.490 e. The normalized spacial score (nSPS) is 23.2. The van der Waals surface area contributed by atoms with Crippen LogP contribution in [0.5, 0.6) is 5.75 Å². The van der Waals surface area contributed by atoms with Gasteiger partial charge in [0.15, 0.2) is 5.75 Å². The molecule has 1 aliphatic rings. The number of hydrogen-bond acceptors (Lipinski definition) is 5. The van der Waals surface area contributed by atoms with Crippen LogP contribution in [0.3, 0.4) is 0 Å². The topological polar surface area (TPSA) is 64.8 Å². The Bertz CT molecular complexity index is 468. The van der Waals surface area contributed by atoms with Gasteiger partial charge in [-0.1, -0.05) is 0 Å². The van der Waals surface area contributed by atoms with Crippen LogP contribution in [0.1, 0.15) is 13.8 Å². The number of hydrogen-bond donors (Lipinski definition) is 0. The predicted octanol–water partition coefficient (Wildman–Crippen LogP) is 2.22. The maximum Gasteiger partial charge on any atom is 0.311 e. The van der Waals surface area contributed by atoms with E-state index in [1.54, 1.807) is 12.1 Å². The predicted molar refractivity (Wildman–Crippen MR) is 71.9 cm³/mol. The second-order valence-corrected chi connectivity index (χ2v) is 4.78. The van der Waals surface area contributed by atoms with Gasteiger partial charge in [-0.05, 0) is 19.9 Å². The van der Waals surface area contributed by atoms with Crippen molar-refractivity contribution >= 4 is 11.4 Å². The first-order chi connectivity index (χ1) is 9.01. The van der Waals surface area contributed by atoms with Crippen molar-refractivity contribution in [2.45, 2.75) is 26.1 Å². The number of anilines is 1. The molecule has 1 saturated heterocycles. The number of nitro groups is 1. The molecule has 6 heteroatoms. The summed E-state index contributed by atoms with van der Waals surface area (Å²) in [5.74, 6) is 0.286. The van der Waals surface area contributed by atoms with E-state index in [0.717, 1.165) is 18.8 Å². The third-order valence-corrected chi connectivity index (χ3v) is 3.14. The van der Waals surface area contributed by atoms with Crippen LogP contribution in [0, 0.1) is 10.1 Å². The Balaban J connectivity index is 2.27. The second kappa shape index (κ2) is 5.44. The van der Waals surface area contributed by atoms with Crippen LogP contribution in [-0.4, -0.2) is 37.3 Å². The fraction of sp³-hybridized carbons (Fsp3) is 0.538. The summed E-state index contributed by atoms with van der Waals surface area (Å²) in [5, 5.41) is 10.9. The van der Waals surface area contributed by atoms with Crippen LogP contribution in [0.15, 0.2) is 18.2 Å². The molecule has 1 aromatic carbocycles. The van der Waals surface area contributed by atoms with Crippen LogP contribution >= 0.6 is 0 Å². The number of rotatable bonds is 3. The lowest BCUT2D eigenvalue weighted by Gasteiger charge is -2.36. The third-order valence-electron chi connectivity index (χ3n) is 3.14. The van der Waals surface area contributed by atoms with Crippen molar-refractivity contribution < 1.29 is 14.4 Å². The minimum absolute atomic E-state index is 0.0133. The molecule has 0 amide bonds. The molecule has 0 N–H and O–H groups in total. The molecule has 0 aromatic heterocycles. The monoisotopic (exact) mass is 266 g/mol. The van der Waals surface area contributed by atoms with E-state index in [1.165, 1.54) is 13.2 Å². The molecule has 1 fully saturated rings. The van der Waals surface area contributed by atoms with Gasteiger partial charge < -0.3 is 14.4 Å². The average Bonchev–Trinajstić information content (AvgIpc) is 2.36. The van der Waals surface area contributed by atoms with Gasteiger partial charge in [0.05, 0.1) is 24.2 Å². The molecule has 0 spiro atoms. The Morgan fingerprint density at radius 1 is 1.37 bits per heavy atom. The minimum Gasteiger partial charge on any atom is -0.490 e. The summed E-state index contributed by atoms with van der Waals surface area (Å²) in [4.78, 5) is 12.6. The van der Waals surface area contributed by atoms with E-state index in [9.17, 15) is 10.1 Å². The van der Waals surface area contributed by atoms with Crippen LogP contribution in [-0.2, 0) is 4.74 Å². The van der Waals surface area contributed by atoms with Crippen LogP contribution in [0.2, 0.25) is 0 Å². The Labute approximate surface area is 112 Å². The number of ether oxygens (including phenoxy) is 2. The van der Waals surface area contributed by atoms with E-state index in [2.05, 4.69) is 4.90 Å². The van der Waals surface area contributed by atoms with E-state index >= 15 is 0 Å². The van der Waals surface area contributed by atoms with Gasteiger partial charge in [0.2, 0.25) is 0 Å². The first-order valence-electron chi connectivity index (χ1n) is 6.24. The SMILES string of the molecule is COc1cc(N2C[C@@H](C)O[C@H](C)C2)ccc1[N+](=O)[O-]. The molecule has 1 aliphatic heterocycles. The van der Waals surface area contributed by atoms with Crippen LogP contribution in [0.4, 0.5) is 11.4 Å². The summed E-state index contributed by atoms with van der Waals surface area (Å²) in [5.41, 5.74) is 0.907. The van der Waals surface area contributed by atoms with E-state index in [-0.39, 0.29) is 23.6 Å². The van der Waals surface area contributed by atoms with Crippen molar-refractivity contribution in [2.24, 2.45) is 0 Å². The molecule has 0 radical (unpaired) electrons. The van der Waals surface area contributed by atoms with Crippen LogP contribution in [0.25, 0.3) is 0 Å². The molecule has 0 saturated carbocycles. The van der Waals surface area contributed by atoms with E-state index < -0.39 is 4.92 Å². The van der Waals surface area contributed by atoms with Gasteiger partial charge >= 0.3 is 5.69 Å². The molecule has 2 rings (SSSR count). The summed E-state index contributed by atoms with van der Waals surface area (Å²) >= 11 is 0. The van der Waals surface area contributed by atoms with E-state index in [0.29, 0.717) is 0 Å². The standard InChI is InChI=1S/C13H18N2O4/c1-9-7-14(8-10(2)19-9)11-4-5-12(15(16)17)13(6-11)18-3/h4-6,9-10H,7-8H2,1-3H3/t9-,10-/m1/s1. The number of benzene rings is 1. The van der Waals surface area contributed by atoms with Gasteiger partial charge in [-0.15, -0.1) is 0 Å². The zero-order valence-electron chi connectivity index (χ0n) is 11.3. The highest BCUT2D eigenvalue weighted by atomic mass is 16.6. The quantitative estimate of drug-likeness (QED) is 0.620. The molecule has 1 aromatic rings. The summed E-state index contributed by atoms with van der Waals surface area (Å²) in [6.45, 7) is 5.58. The molecule has 0 bridgehead atoms. The molecule has 19 heavy (non-hydrogen) atoms. The zero-order chi connectivity index (χ0) is 14.0.